The molecule has 0 saturated heterocycles. The molecule has 0 aromatic carbocycles. The largest absolute Gasteiger partial charge is 0.381 e. The molecular formula is C11H20N2O. The summed E-state index contributed by atoms with van der Waals surface area (Å²) < 4.78 is 5.51. The Morgan fingerprint density at radius 1 is 1.36 bits per heavy atom. The Morgan fingerprint density at radius 2 is 2.07 bits per heavy atom. The van der Waals surface area contributed by atoms with Crippen molar-refractivity contribution >= 4 is 0 Å². The van der Waals surface area contributed by atoms with Crippen LogP contribution in [-0.4, -0.2) is 19.3 Å². The fraction of sp³-hybridized carbons (Fsp3) is 0.909. The van der Waals surface area contributed by atoms with Crippen LogP contribution in [0.4, 0.5) is 0 Å². The van der Waals surface area contributed by atoms with Gasteiger partial charge in [0.1, 0.15) is 0 Å². The van der Waals surface area contributed by atoms with Gasteiger partial charge in [0.25, 0.3) is 0 Å². The second kappa shape index (κ2) is 6.80. The van der Waals surface area contributed by atoms with E-state index in [0.29, 0.717) is 13.0 Å². The van der Waals surface area contributed by atoms with E-state index in [-0.39, 0.29) is 6.04 Å². The second-order valence-corrected chi connectivity index (χ2v) is 4.10. The van der Waals surface area contributed by atoms with Crippen molar-refractivity contribution in [3.8, 4) is 6.07 Å². The average Bonchev–Trinajstić information content (AvgIpc) is 2.25. The smallest absolute Gasteiger partial charge is 0.0950 e. The molecule has 3 heteroatoms. The molecule has 0 heterocycles. The van der Waals surface area contributed by atoms with E-state index < -0.39 is 0 Å². The molecule has 1 rings (SSSR count). The lowest BCUT2D eigenvalue weighted by atomic mass is 9.90. The second-order valence-electron chi connectivity index (χ2n) is 4.10. The minimum Gasteiger partial charge on any atom is -0.381 e. The summed E-state index contributed by atoms with van der Waals surface area (Å²) in [5, 5.41) is 8.45. The van der Waals surface area contributed by atoms with E-state index in [2.05, 4.69) is 0 Å². The third-order valence-corrected chi connectivity index (χ3v) is 2.82. The normalized spacial score (nSPS) is 20.3. The zero-order valence-electron chi connectivity index (χ0n) is 8.74. The number of nitriles is 1. The predicted molar refractivity (Wildman–Crippen MR) is 55.6 cm³/mol. The lowest BCUT2D eigenvalue weighted by Gasteiger charge is -2.21. The fourth-order valence-corrected chi connectivity index (χ4v) is 1.88. The van der Waals surface area contributed by atoms with Crippen LogP contribution in [0.1, 0.15) is 38.5 Å². The zero-order chi connectivity index (χ0) is 10.2. The van der Waals surface area contributed by atoms with Gasteiger partial charge in [0, 0.05) is 13.2 Å². The lowest BCUT2D eigenvalue weighted by Crippen LogP contribution is -2.21. The minimum atomic E-state index is -0.360. The van der Waals surface area contributed by atoms with E-state index >= 15 is 0 Å². The molecule has 0 spiro atoms. The van der Waals surface area contributed by atoms with Crippen molar-refractivity contribution < 1.29 is 4.74 Å². The van der Waals surface area contributed by atoms with Crippen molar-refractivity contribution in [2.45, 2.75) is 44.6 Å². The van der Waals surface area contributed by atoms with Gasteiger partial charge in [-0.2, -0.15) is 5.26 Å². The molecule has 0 bridgehead atoms. The average molecular weight is 196 g/mol. The van der Waals surface area contributed by atoms with Gasteiger partial charge >= 0.3 is 0 Å². The standard InChI is InChI=1S/C11H20N2O/c12-8-11(13)6-7-14-9-10-4-2-1-3-5-10/h10-11H,1-7,9,13H2. The molecule has 0 aromatic heterocycles. The molecule has 0 aromatic rings. The first-order chi connectivity index (χ1) is 6.83. The summed E-state index contributed by atoms with van der Waals surface area (Å²) in [6.45, 7) is 1.49. The maximum absolute atomic E-state index is 8.45. The quantitative estimate of drug-likeness (QED) is 0.682. The Bertz CT molecular complexity index is 182. The van der Waals surface area contributed by atoms with Gasteiger partial charge in [-0.3, -0.25) is 0 Å². The predicted octanol–water partition coefficient (Wildman–Crippen LogP) is 1.82. The Hall–Kier alpha value is -0.590. The molecule has 80 valence electrons. The SMILES string of the molecule is N#CC(N)CCOCC1CCCCC1. The highest BCUT2D eigenvalue weighted by Crippen LogP contribution is 2.23. The van der Waals surface area contributed by atoms with Gasteiger partial charge in [0.2, 0.25) is 0 Å². The van der Waals surface area contributed by atoms with E-state index in [1.807, 2.05) is 6.07 Å². The first-order valence-corrected chi connectivity index (χ1v) is 5.56. The molecule has 3 nitrogen and oxygen atoms in total. The Kier molecular flexibility index (Phi) is 5.58. The molecule has 1 fully saturated rings. The van der Waals surface area contributed by atoms with Crippen LogP contribution < -0.4 is 5.73 Å². The Balaban J connectivity index is 1.95. The third-order valence-electron chi connectivity index (χ3n) is 2.82. The van der Waals surface area contributed by atoms with Crippen molar-refractivity contribution in [1.29, 1.82) is 5.26 Å². The highest BCUT2D eigenvalue weighted by atomic mass is 16.5. The number of nitrogens with zero attached hydrogens (tertiary/aromatic N) is 1. The molecule has 1 unspecified atom stereocenters. The summed E-state index contributed by atoms with van der Waals surface area (Å²) in [6.07, 6.45) is 7.37. The molecule has 0 aliphatic heterocycles. The van der Waals surface area contributed by atoms with E-state index in [1.54, 1.807) is 0 Å². The molecule has 0 radical (unpaired) electrons. The summed E-state index contributed by atoms with van der Waals surface area (Å²) in [7, 11) is 0. The number of rotatable bonds is 5. The van der Waals surface area contributed by atoms with Crippen LogP contribution in [0.15, 0.2) is 0 Å². The van der Waals surface area contributed by atoms with Crippen LogP contribution in [0.5, 0.6) is 0 Å². The maximum atomic E-state index is 8.45. The number of ether oxygens (including phenoxy) is 1. The van der Waals surface area contributed by atoms with Gasteiger partial charge in [-0.05, 0) is 25.2 Å². The van der Waals surface area contributed by atoms with E-state index in [0.717, 1.165) is 12.5 Å². The van der Waals surface area contributed by atoms with Crippen molar-refractivity contribution in [2.75, 3.05) is 13.2 Å². The molecule has 1 aliphatic carbocycles. The van der Waals surface area contributed by atoms with Gasteiger partial charge in [0.05, 0.1) is 12.1 Å². The van der Waals surface area contributed by atoms with Crippen LogP contribution in [0.3, 0.4) is 0 Å². The lowest BCUT2D eigenvalue weighted by molar-refractivity contribution is 0.0826. The topological polar surface area (TPSA) is 59.0 Å². The monoisotopic (exact) mass is 196 g/mol. The fourth-order valence-electron chi connectivity index (χ4n) is 1.88. The number of nitrogens with two attached hydrogens (primary N) is 1. The Morgan fingerprint density at radius 3 is 2.71 bits per heavy atom. The van der Waals surface area contributed by atoms with Gasteiger partial charge < -0.3 is 10.5 Å². The molecule has 1 saturated carbocycles. The first kappa shape index (κ1) is 11.5. The van der Waals surface area contributed by atoms with Crippen LogP contribution in [-0.2, 0) is 4.74 Å². The van der Waals surface area contributed by atoms with Gasteiger partial charge in [-0.25, -0.2) is 0 Å². The number of hydrogen-bond acceptors (Lipinski definition) is 3. The zero-order valence-corrected chi connectivity index (χ0v) is 8.74. The van der Waals surface area contributed by atoms with Crippen LogP contribution >= 0.6 is 0 Å². The molecule has 0 amide bonds. The van der Waals surface area contributed by atoms with Crippen LogP contribution in [0.2, 0.25) is 0 Å². The molecule has 2 N–H and O–H groups in total. The van der Waals surface area contributed by atoms with Crippen molar-refractivity contribution in [3.63, 3.8) is 0 Å². The van der Waals surface area contributed by atoms with Gasteiger partial charge in [-0.1, -0.05) is 19.3 Å². The summed E-state index contributed by atoms with van der Waals surface area (Å²) in [5.74, 6) is 0.752. The van der Waals surface area contributed by atoms with E-state index in [9.17, 15) is 0 Å². The molecule has 14 heavy (non-hydrogen) atoms. The van der Waals surface area contributed by atoms with Gasteiger partial charge in [-0.15, -0.1) is 0 Å². The van der Waals surface area contributed by atoms with Crippen LogP contribution in [0, 0.1) is 17.2 Å². The molecular weight excluding hydrogens is 176 g/mol. The van der Waals surface area contributed by atoms with Crippen molar-refractivity contribution in [3.05, 3.63) is 0 Å². The molecule has 1 aliphatic rings. The summed E-state index contributed by atoms with van der Waals surface area (Å²) in [5.41, 5.74) is 5.45. The highest BCUT2D eigenvalue weighted by Gasteiger charge is 2.13. The molecule has 1 atom stereocenters. The maximum Gasteiger partial charge on any atom is 0.0950 e. The highest BCUT2D eigenvalue weighted by molar-refractivity contribution is 4.85. The number of hydrogen-bond donors (Lipinski definition) is 1. The first-order valence-electron chi connectivity index (χ1n) is 5.56. The van der Waals surface area contributed by atoms with Crippen molar-refractivity contribution in [1.82, 2.24) is 0 Å². The Labute approximate surface area is 86.2 Å². The third kappa shape index (κ3) is 4.59. The van der Waals surface area contributed by atoms with E-state index in [4.69, 9.17) is 15.7 Å². The summed E-state index contributed by atoms with van der Waals surface area (Å²) in [6, 6.07) is 1.64. The summed E-state index contributed by atoms with van der Waals surface area (Å²) in [4.78, 5) is 0. The summed E-state index contributed by atoms with van der Waals surface area (Å²) >= 11 is 0. The minimum absolute atomic E-state index is 0.360. The van der Waals surface area contributed by atoms with Crippen molar-refractivity contribution in [2.24, 2.45) is 11.7 Å². The van der Waals surface area contributed by atoms with E-state index in [1.165, 1.54) is 32.1 Å². The van der Waals surface area contributed by atoms with Crippen LogP contribution in [0.25, 0.3) is 0 Å². The van der Waals surface area contributed by atoms with Gasteiger partial charge in [0.15, 0.2) is 0 Å².